The molecule has 11 heteroatoms. The molecule has 0 fully saturated rings. The number of nitrogens with zero attached hydrogens (tertiary/aromatic N) is 3. The highest BCUT2D eigenvalue weighted by molar-refractivity contribution is 8.01. The molecule has 0 unspecified atom stereocenters. The van der Waals surface area contributed by atoms with E-state index in [9.17, 15) is 9.59 Å². The summed E-state index contributed by atoms with van der Waals surface area (Å²) in [6.45, 7) is 1.96. The third kappa shape index (κ3) is 6.76. The molecule has 0 spiro atoms. The van der Waals surface area contributed by atoms with Gasteiger partial charge in [-0.1, -0.05) is 95.0 Å². The first-order valence-corrected chi connectivity index (χ1v) is 16.2. The number of fused-ring (bicyclic) bond motifs is 2. The first kappa shape index (κ1) is 27.4. The summed E-state index contributed by atoms with van der Waals surface area (Å²) in [4.78, 5) is 29.8. The lowest BCUT2D eigenvalue weighted by atomic mass is 10.1. The number of amides is 2. The van der Waals surface area contributed by atoms with Gasteiger partial charge >= 0.3 is 0 Å². The van der Waals surface area contributed by atoms with Crippen LogP contribution in [0.1, 0.15) is 21.5 Å². The molecular formula is C30H23N5O2S4. The number of thiazole rings is 1. The molecule has 6 rings (SSSR count). The molecule has 0 aliphatic carbocycles. The minimum absolute atomic E-state index is 0.157. The fraction of sp³-hybridized carbons (Fsp3) is 0.100. The Hall–Kier alpha value is -3.77. The SMILES string of the molecule is Cc1cccc(C(=O)Nc2ccc3nc(SCC(=O)Nc4nnc(SCc5cccc6ccccc56)s4)sc3c2)c1. The summed E-state index contributed by atoms with van der Waals surface area (Å²) in [5.41, 5.74) is 4.41. The molecule has 7 nitrogen and oxygen atoms in total. The van der Waals surface area contributed by atoms with E-state index < -0.39 is 0 Å². The van der Waals surface area contributed by atoms with Crippen molar-refractivity contribution in [2.75, 3.05) is 16.4 Å². The lowest BCUT2D eigenvalue weighted by Gasteiger charge is -2.05. The summed E-state index contributed by atoms with van der Waals surface area (Å²) in [7, 11) is 0. The summed E-state index contributed by atoms with van der Waals surface area (Å²) < 4.78 is 2.52. The summed E-state index contributed by atoms with van der Waals surface area (Å²) in [5.74, 6) is 0.654. The van der Waals surface area contributed by atoms with Gasteiger partial charge in [-0.15, -0.1) is 21.5 Å². The fourth-order valence-electron chi connectivity index (χ4n) is 4.19. The van der Waals surface area contributed by atoms with E-state index in [1.807, 2.05) is 55.5 Å². The minimum atomic E-state index is -0.165. The average Bonchev–Trinajstić information content (AvgIpc) is 3.61. The van der Waals surface area contributed by atoms with Gasteiger partial charge in [0.15, 0.2) is 8.68 Å². The van der Waals surface area contributed by atoms with Crippen LogP contribution in [-0.2, 0) is 10.5 Å². The highest BCUT2D eigenvalue weighted by atomic mass is 32.2. The quantitative estimate of drug-likeness (QED) is 0.126. The average molecular weight is 614 g/mol. The Morgan fingerprint density at radius 3 is 2.59 bits per heavy atom. The minimum Gasteiger partial charge on any atom is -0.322 e. The maximum absolute atomic E-state index is 12.6. The van der Waals surface area contributed by atoms with Gasteiger partial charge in [0.1, 0.15) is 0 Å². The van der Waals surface area contributed by atoms with Crippen molar-refractivity contribution >= 4 is 89.8 Å². The van der Waals surface area contributed by atoms with Gasteiger partial charge in [-0.05, 0) is 53.6 Å². The maximum Gasteiger partial charge on any atom is 0.255 e. The molecule has 0 aliphatic rings. The number of anilines is 2. The van der Waals surface area contributed by atoms with Crippen LogP contribution in [0.4, 0.5) is 10.8 Å². The van der Waals surface area contributed by atoms with Crippen molar-refractivity contribution < 1.29 is 9.59 Å². The molecule has 0 aliphatic heterocycles. The Balaban J connectivity index is 1.02. The zero-order valence-electron chi connectivity index (χ0n) is 21.8. The van der Waals surface area contributed by atoms with Crippen molar-refractivity contribution in [3.8, 4) is 0 Å². The first-order valence-electron chi connectivity index (χ1n) is 12.6. The third-order valence-corrected chi connectivity index (χ3v) is 10.3. The Kier molecular flexibility index (Phi) is 8.28. The van der Waals surface area contributed by atoms with Gasteiger partial charge in [0, 0.05) is 17.0 Å². The highest BCUT2D eigenvalue weighted by Crippen LogP contribution is 2.33. The van der Waals surface area contributed by atoms with E-state index in [0.29, 0.717) is 16.4 Å². The second-order valence-corrected chi connectivity index (χ2v) is 13.6. The van der Waals surface area contributed by atoms with E-state index in [-0.39, 0.29) is 17.6 Å². The number of carbonyl (C=O) groups excluding carboxylic acids is 2. The second kappa shape index (κ2) is 12.4. The Labute approximate surface area is 252 Å². The number of hydrogen-bond donors (Lipinski definition) is 2. The molecule has 204 valence electrons. The maximum atomic E-state index is 12.6. The molecule has 0 saturated carbocycles. The fourth-order valence-corrected chi connectivity index (χ4v) is 7.87. The molecular weight excluding hydrogens is 591 g/mol. The van der Waals surface area contributed by atoms with Crippen LogP contribution in [0.3, 0.4) is 0 Å². The number of benzene rings is 4. The standard InChI is InChI=1S/C30H23N5O2S4/c1-18-6-4-9-20(14-18)27(37)31-22-12-13-24-25(15-22)40-29(32-24)39-17-26(36)33-28-34-35-30(41-28)38-16-21-10-5-8-19-7-2-3-11-23(19)21/h2-15H,16-17H2,1H3,(H,31,37)(H,33,34,36). The van der Waals surface area contributed by atoms with E-state index in [1.165, 1.54) is 50.8 Å². The van der Waals surface area contributed by atoms with Crippen LogP contribution in [0.5, 0.6) is 0 Å². The Bertz CT molecular complexity index is 1880. The molecule has 6 aromatic rings. The Morgan fingerprint density at radius 1 is 0.829 bits per heavy atom. The number of rotatable bonds is 9. The number of hydrogen-bond acceptors (Lipinski definition) is 9. The van der Waals surface area contributed by atoms with Gasteiger partial charge in [0.25, 0.3) is 5.91 Å². The van der Waals surface area contributed by atoms with Crippen LogP contribution in [-0.4, -0.2) is 32.7 Å². The second-order valence-electron chi connectivity index (χ2n) is 9.12. The van der Waals surface area contributed by atoms with Crippen molar-refractivity contribution in [1.82, 2.24) is 15.2 Å². The van der Waals surface area contributed by atoms with Gasteiger partial charge in [0.05, 0.1) is 16.0 Å². The van der Waals surface area contributed by atoms with Crippen molar-refractivity contribution in [3.05, 3.63) is 102 Å². The molecule has 2 heterocycles. The molecule has 0 saturated heterocycles. The predicted molar refractivity (Wildman–Crippen MR) is 172 cm³/mol. The summed E-state index contributed by atoms with van der Waals surface area (Å²) in [6, 6.07) is 27.7. The van der Waals surface area contributed by atoms with Gasteiger partial charge in [-0.25, -0.2) is 4.98 Å². The molecule has 2 amide bonds. The monoisotopic (exact) mass is 613 g/mol. The van der Waals surface area contributed by atoms with Crippen LogP contribution in [0.2, 0.25) is 0 Å². The lowest BCUT2D eigenvalue weighted by molar-refractivity contribution is -0.113. The normalized spacial score (nSPS) is 11.1. The molecule has 0 radical (unpaired) electrons. The summed E-state index contributed by atoms with van der Waals surface area (Å²) in [6.07, 6.45) is 0. The zero-order chi connectivity index (χ0) is 28.2. The van der Waals surface area contributed by atoms with E-state index in [2.05, 4.69) is 56.1 Å². The highest BCUT2D eigenvalue weighted by Gasteiger charge is 2.13. The van der Waals surface area contributed by atoms with Crippen molar-refractivity contribution in [2.45, 2.75) is 21.4 Å². The molecule has 2 aromatic heterocycles. The van der Waals surface area contributed by atoms with Gasteiger partial charge < -0.3 is 5.32 Å². The van der Waals surface area contributed by atoms with Crippen molar-refractivity contribution in [1.29, 1.82) is 0 Å². The summed E-state index contributed by atoms with van der Waals surface area (Å²) in [5, 5.41) is 17.1. The largest absolute Gasteiger partial charge is 0.322 e. The molecule has 2 N–H and O–H groups in total. The number of aromatic nitrogens is 3. The third-order valence-electron chi connectivity index (χ3n) is 6.12. The van der Waals surface area contributed by atoms with Crippen LogP contribution in [0.25, 0.3) is 21.0 Å². The summed E-state index contributed by atoms with van der Waals surface area (Å²) >= 11 is 5.83. The van der Waals surface area contributed by atoms with Crippen LogP contribution in [0, 0.1) is 6.92 Å². The number of thioether (sulfide) groups is 2. The van der Waals surface area contributed by atoms with Gasteiger partial charge in [0.2, 0.25) is 11.0 Å². The van der Waals surface area contributed by atoms with Crippen molar-refractivity contribution in [3.63, 3.8) is 0 Å². The molecule has 0 atom stereocenters. The van der Waals surface area contributed by atoms with E-state index in [4.69, 9.17) is 0 Å². The first-order chi connectivity index (χ1) is 20.0. The number of nitrogens with one attached hydrogen (secondary N) is 2. The number of aryl methyl sites for hydroxylation is 1. The van der Waals surface area contributed by atoms with Crippen LogP contribution in [0.15, 0.2) is 93.6 Å². The van der Waals surface area contributed by atoms with Gasteiger partial charge in [-0.3, -0.25) is 14.9 Å². The van der Waals surface area contributed by atoms with Crippen molar-refractivity contribution in [2.24, 2.45) is 0 Å². The number of carbonyl (C=O) groups is 2. The van der Waals surface area contributed by atoms with E-state index in [1.54, 1.807) is 17.8 Å². The smallest absolute Gasteiger partial charge is 0.255 e. The lowest BCUT2D eigenvalue weighted by Crippen LogP contribution is -2.13. The predicted octanol–water partition coefficient (Wildman–Crippen LogP) is 7.88. The van der Waals surface area contributed by atoms with Crippen LogP contribution >= 0.6 is 46.2 Å². The van der Waals surface area contributed by atoms with E-state index in [0.717, 1.165) is 30.2 Å². The van der Waals surface area contributed by atoms with Gasteiger partial charge in [-0.2, -0.15) is 0 Å². The van der Waals surface area contributed by atoms with E-state index >= 15 is 0 Å². The molecule has 4 aromatic carbocycles. The molecule has 0 bridgehead atoms. The topological polar surface area (TPSA) is 96.9 Å². The molecule has 41 heavy (non-hydrogen) atoms. The van der Waals surface area contributed by atoms with Crippen LogP contribution < -0.4 is 10.6 Å². The Morgan fingerprint density at radius 2 is 1.68 bits per heavy atom. The zero-order valence-corrected chi connectivity index (χ0v) is 25.1.